The number of thioether (sulfide) groups is 1. The third kappa shape index (κ3) is 4.38. The average molecular weight is 315 g/mol. The molecule has 1 aliphatic rings. The first kappa shape index (κ1) is 15.6. The molecule has 1 amide bonds. The number of amides is 1. The highest BCUT2D eigenvalue weighted by Gasteiger charge is 2.21. The van der Waals surface area contributed by atoms with Crippen molar-refractivity contribution >= 4 is 29.3 Å². The van der Waals surface area contributed by atoms with Crippen LogP contribution in [0.3, 0.4) is 0 Å². The van der Waals surface area contributed by atoms with Crippen LogP contribution in [0.15, 0.2) is 23.1 Å². The zero-order valence-corrected chi connectivity index (χ0v) is 13.0. The minimum atomic E-state index is -0.0103. The summed E-state index contributed by atoms with van der Waals surface area (Å²) in [5, 5.41) is 6.85. The fourth-order valence-electron chi connectivity index (χ4n) is 2.15. The van der Waals surface area contributed by atoms with Crippen LogP contribution in [0.5, 0.6) is 0 Å². The number of ether oxygens (including phenoxy) is 1. The van der Waals surface area contributed by atoms with E-state index in [9.17, 15) is 4.79 Å². The van der Waals surface area contributed by atoms with Gasteiger partial charge in [-0.2, -0.15) is 0 Å². The maximum absolute atomic E-state index is 11.7. The van der Waals surface area contributed by atoms with E-state index < -0.39 is 0 Å². The van der Waals surface area contributed by atoms with Crippen molar-refractivity contribution in [2.24, 2.45) is 0 Å². The fourth-order valence-corrected chi connectivity index (χ4v) is 3.43. The highest BCUT2D eigenvalue weighted by atomic mass is 35.5. The maximum Gasteiger partial charge on any atom is 0.234 e. The molecule has 0 saturated heterocycles. The monoisotopic (exact) mass is 314 g/mol. The second-order valence-electron chi connectivity index (χ2n) is 4.60. The van der Waals surface area contributed by atoms with E-state index in [1.807, 2.05) is 23.9 Å². The molecule has 0 bridgehead atoms. The van der Waals surface area contributed by atoms with Gasteiger partial charge in [0.15, 0.2) is 0 Å². The van der Waals surface area contributed by atoms with E-state index in [2.05, 4.69) is 16.7 Å². The molecule has 110 valence electrons. The summed E-state index contributed by atoms with van der Waals surface area (Å²) in [6, 6.07) is 6.14. The molecule has 0 aliphatic carbocycles. The summed E-state index contributed by atoms with van der Waals surface area (Å²) < 4.78 is 4.89. The summed E-state index contributed by atoms with van der Waals surface area (Å²) in [5.74, 6) is 1.04. The van der Waals surface area contributed by atoms with Gasteiger partial charge in [-0.25, -0.2) is 0 Å². The molecule has 6 heteroatoms. The predicted octanol–water partition coefficient (Wildman–Crippen LogP) is 2.23. The minimum absolute atomic E-state index is 0.0103. The van der Waals surface area contributed by atoms with Gasteiger partial charge in [-0.05, 0) is 35.9 Å². The molecule has 1 aromatic rings. The molecule has 1 heterocycles. The van der Waals surface area contributed by atoms with Gasteiger partial charge in [0, 0.05) is 29.6 Å². The van der Waals surface area contributed by atoms with Gasteiger partial charge in [0.05, 0.1) is 13.2 Å². The number of carbonyl (C=O) groups excluding carboxylic acids is 1. The van der Waals surface area contributed by atoms with E-state index in [0.29, 0.717) is 19.7 Å². The zero-order chi connectivity index (χ0) is 14.4. The molecule has 0 spiro atoms. The molecular weight excluding hydrogens is 296 g/mol. The smallest absolute Gasteiger partial charge is 0.234 e. The fraction of sp³-hybridized carbons (Fsp3) is 0.500. The predicted molar refractivity (Wildman–Crippen MR) is 82.4 cm³/mol. The molecule has 20 heavy (non-hydrogen) atoms. The molecule has 0 radical (unpaired) electrons. The number of fused-ring (bicyclic) bond motifs is 1. The number of nitrogens with one attached hydrogen (secondary N) is 2. The topological polar surface area (TPSA) is 50.4 Å². The first-order chi connectivity index (χ1) is 9.70. The SMILES string of the molecule is COCCNC(=O)CNC1CCSc2ccc(Cl)cc21. The normalized spacial score (nSPS) is 17.6. The van der Waals surface area contributed by atoms with Crippen molar-refractivity contribution in [3.63, 3.8) is 0 Å². The number of methoxy groups -OCH3 is 1. The summed E-state index contributed by atoms with van der Waals surface area (Å²) in [6.45, 7) is 1.38. The molecule has 2 rings (SSSR count). The lowest BCUT2D eigenvalue weighted by Gasteiger charge is -2.26. The van der Waals surface area contributed by atoms with Gasteiger partial charge >= 0.3 is 0 Å². The Morgan fingerprint density at radius 3 is 3.20 bits per heavy atom. The van der Waals surface area contributed by atoms with Gasteiger partial charge in [-0.15, -0.1) is 11.8 Å². The van der Waals surface area contributed by atoms with Crippen LogP contribution < -0.4 is 10.6 Å². The highest BCUT2D eigenvalue weighted by molar-refractivity contribution is 7.99. The third-order valence-electron chi connectivity index (χ3n) is 3.15. The summed E-state index contributed by atoms with van der Waals surface area (Å²) in [6.07, 6.45) is 1.00. The van der Waals surface area contributed by atoms with Crippen molar-refractivity contribution < 1.29 is 9.53 Å². The number of rotatable bonds is 6. The van der Waals surface area contributed by atoms with E-state index in [-0.39, 0.29) is 11.9 Å². The lowest BCUT2D eigenvalue weighted by molar-refractivity contribution is -0.120. The van der Waals surface area contributed by atoms with Crippen LogP contribution in [-0.4, -0.2) is 38.5 Å². The first-order valence-corrected chi connectivity index (χ1v) is 7.98. The number of hydrogen-bond donors (Lipinski definition) is 2. The lowest BCUT2D eigenvalue weighted by atomic mass is 10.0. The second kappa shape index (κ2) is 7.88. The van der Waals surface area contributed by atoms with Gasteiger partial charge < -0.3 is 15.4 Å². The van der Waals surface area contributed by atoms with Crippen molar-refractivity contribution in [2.45, 2.75) is 17.4 Å². The van der Waals surface area contributed by atoms with Crippen LogP contribution in [0.2, 0.25) is 5.02 Å². The van der Waals surface area contributed by atoms with Gasteiger partial charge in [-0.1, -0.05) is 11.6 Å². The molecule has 1 unspecified atom stereocenters. The number of benzene rings is 1. The molecule has 0 fully saturated rings. The number of hydrogen-bond acceptors (Lipinski definition) is 4. The van der Waals surface area contributed by atoms with Gasteiger partial charge in [0.25, 0.3) is 0 Å². The van der Waals surface area contributed by atoms with Gasteiger partial charge in [-0.3, -0.25) is 4.79 Å². The Hall–Kier alpha value is -0.750. The standard InChI is InChI=1S/C14H19ClN2O2S/c1-19-6-5-16-14(18)9-17-12-4-7-20-13-3-2-10(15)8-11(12)13/h2-3,8,12,17H,4-7,9H2,1H3,(H,16,18). The zero-order valence-electron chi connectivity index (χ0n) is 11.4. The molecule has 2 N–H and O–H groups in total. The summed E-state index contributed by atoms with van der Waals surface area (Å²) in [4.78, 5) is 12.9. The van der Waals surface area contributed by atoms with E-state index >= 15 is 0 Å². The lowest BCUT2D eigenvalue weighted by Crippen LogP contribution is -2.37. The number of halogens is 1. The van der Waals surface area contributed by atoms with Crippen LogP contribution in [0.25, 0.3) is 0 Å². The highest BCUT2D eigenvalue weighted by Crippen LogP contribution is 2.37. The molecule has 1 aliphatic heterocycles. The second-order valence-corrected chi connectivity index (χ2v) is 6.17. The Morgan fingerprint density at radius 1 is 1.55 bits per heavy atom. The van der Waals surface area contributed by atoms with Crippen molar-refractivity contribution in [3.05, 3.63) is 28.8 Å². The van der Waals surface area contributed by atoms with Crippen molar-refractivity contribution in [1.29, 1.82) is 0 Å². The van der Waals surface area contributed by atoms with Gasteiger partial charge in [0.2, 0.25) is 5.91 Å². The van der Waals surface area contributed by atoms with Crippen LogP contribution >= 0.6 is 23.4 Å². The summed E-state index contributed by atoms with van der Waals surface area (Å²) in [5.41, 5.74) is 1.19. The van der Waals surface area contributed by atoms with Crippen molar-refractivity contribution in [1.82, 2.24) is 10.6 Å². The first-order valence-electron chi connectivity index (χ1n) is 6.62. The van der Waals surface area contributed by atoms with E-state index in [1.165, 1.54) is 10.5 Å². The molecule has 0 aromatic heterocycles. The largest absolute Gasteiger partial charge is 0.383 e. The van der Waals surface area contributed by atoms with Crippen LogP contribution in [0, 0.1) is 0 Å². The summed E-state index contributed by atoms with van der Waals surface area (Å²) in [7, 11) is 1.62. The van der Waals surface area contributed by atoms with Crippen LogP contribution in [0.4, 0.5) is 0 Å². The summed E-state index contributed by atoms with van der Waals surface area (Å²) >= 11 is 7.90. The van der Waals surface area contributed by atoms with E-state index in [0.717, 1.165) is 17.2 Å². The Kier molecular flexibility index (Phi) is 6.16. The Bertz CT molecular complexity index is 470. The van der Waals surface area contributed by atoms with Gasteiger partial charge in [0.1, 0.15) is 0 Å². The molecule has 1 atom stereocenters. The van der Waals surface area contributed by atoms with Crippen molar-refractivity contribution in [2.75, 3.05) is 32.6 Å². The van der Waals surface area contributed by atoms with Crippen LogP contribution in [-0.2, 0) is 9.53 Å². The minimum Gasteiger partial charge on any atom is -0.383 e. The quantitative estimate of drug-likeness (QED) is 0.791. The van der Waals surface area contributed by atoms with Crippen LogP contribution in [0.1, 0.15) is 18.0 Å². The molecule has 1 aromatic carbocycles. The van der Waals surface area contributed by atoms with E-state index in [4.69, 9.17) is 16.3 Å². The molecule has 4 nitrogen and oxygen atoms in total. The Labute approximate surface area is 128 Å². The third-order valence-corrected chi connectivity index (χ3v) is 4.51. The maximum atomic E-state index is 11.7. The Morgan fingerprint density at radius 2 is 2.40 bits per heavy atom. The Balaban J connectivity index is 1.88. The van der Waals surface area contributed by atoms with Crippen molar-refractivity contribution in [3.8, 4) is 0 Å². The molecule has 0 saturated carbocycles. The average Bonchev–Trinajstić information content (AvgIpc) is 2.45. The van der Waals surface area contributed by atoms with E-state index in [1.54, 1.807) is 7.11 Å². The number of carbonyl (C=O) groups is 1. The molecular formula is C14H19ClN2O2S.